The van der Waals surface area contributed by atoms with Crippen molar-refractivity contribution in [3.8, 4) is 0 Å². The number of hydrogen-bond acceptors (Lipinski definition) is 7. The van der Waals surface area contributed by atoms with Gasteiger partial charge in [0, 0.05) is 32.0 Å². The molecule has 0 saturated carbocycles. The fraction of sp³-hybridized carbons (Fsp3) is 0.200. The Labute approximate surface area is 237 Å². The van der Waals surface area contributed by atoms with Crippen molar-refractivity contribution < 1.29 is 14.4 Å². The first-order valence-electron chi connectivity index (χ1n) is 12.8. The molecule has 4 rings (SSSR count). The van der Waals surface area contributed by atoms with E-state index in [1.54, 1.807) is 12.1 Å². The second-order valence-electron chi connectivity index (χ2n) is 9.43. The molecule has 4 aromatic rings. The Morgan fingerprint density at radius 3 is 2.08 bits per heavy atom. The average Bonchev–Trinajstić information content (AvgIpc) is 3.36. The fourth-order valence-corrected chi connectivity index (χ4v) is 5.01. The van der Waals surface area contributed by atoms with Crippen LogP contribution in [0.1, 0.15) is 49.8 Å². The molecule has 0 radical (unpaired) electrons. The number of rotatable bonds is 10. The summed E-state index contributed by atoms with van der Waals surface area (Å²) in [4.78, 5) is 43.4. The Bertz CT molecular complexity index is 1480. The van der Waals surface area contributed by atoms with E-state index in [2.05, 4.69) is 9.69 Å². The molecule has 3 amide bonds. The van der Waals surface area contributed by atoms with Gasteiger partial charge in [0.2, 0.25) is 5.91 Å². The lowest BCUT2D eigenvalue weighted by molar-refractivity contribution is -0.122. The van der Waals surface area contributed by atoms with Crippen LogP contribution in [0.25, 0.3) is 0 Å². The molecule has 0 saturated heterocycles. The smallest absolute Gasteiger partial charge is 0.273 e. The third-order valence-corrected chi connectivity index (χ3v) is 7.39. The molecule has 0 aliphatic heterocycles. The molecule has 0 fully saturated rings. The molecule has 0 aliphatic carbocycles. The van der Waals surface area contributed by atoms with Crippen molar-refractivity contribution in [3.63, 3.8) is 0 Å². The molecular formula is C30H32N6O3S. The van der Waals surface area contributed by atoms with Crippen LogP contribution in [0.4, 0.5) is 17.1 Å². The second-order valence-corrected chi connectivity index (χ2v) is 10.2. The monoisotopic (exact) mass is 556 g/mol. The van der Waals surface area contributed by atoms with Crippen molar-refractivity contribution in [3.05, 3.63) is 106 Å². The van der Waals surface area contributed by atoms with Gasteiger partial charge in [-0.15, -0.1) is 0 Å². The number of carbonyl (C=O) groups is 3. The van der Waals surface area contributed by atoms with Crippen molar-refractivity contribution in [1.82, 2.24) is 9.69 Å². The summed E-state index contributed by atoms with van der Waals surface area (Å²) >= 11 is 0.779. The summed E-state index contributed by atoms with van der Waals surface area (Å²) in [5, 5.41) is 2.99. The Morgan fingerprint density at radius 1 is 0.900 bits per heavy atom. The largest absolute Gasteiger partial charge is 0.395 e. The van der Waals surface area contributed by atoms with Gasteiger partial charge in [-0.2, -0.15) is 4.37 Å². The van der Waals surface area contributed by atoms with Gasteiger partial charge in [0.25, 0.3) is 11.8 Å². The van der Waals surface area contributed by atoms with Gasteiger partial charge in [-0.3, -0.25) is 19.3 Å². The number of aromatic nitrogens is 1. The number of nitrogen functional groups attached to an aromatic ring is 1. The predicted molar refractivity (Wildman–Crippen MR) is 159 cm³/mol. The maximum absolute atomic E-state index is 14.2. The minimum absolute atomic E-state index is 0.0270. The minimum atomic E-state index is -1.06. The average molecular weight is 557 g/mol. The van der Waals surface area contributed by atoms with Crippen LogP contribution < -0.4 is 26.6 Å². The normalized spacial score (nSPS) is 11.5. The summed E-state index contributed by atoms with van der Waals surface area (Å²) in [6, 6.07) is 23.3. The fourth-order valence-electron chi connectivity index (χ4n) is 4.27. The van der Waals surface area contributed by atoms with Crippen LogP contribution in [0.2, 0.25) is 0 Å². The van der Waals surface area contributed by atoms with Crippen molar-refractivity contribution in [2.24, 2.45) is 5.73 Å². The van der Waals surface area contributed by atoms with E-state index in [1.807, 2.05) is 92.6 Å². The SMILES string of the molecule is CCc1ccc(N(C(=O)c2snc(C(N)=O)c2N)[C@H](C(=O)NCc2ccccc2)c2ccc(N(C)C)cc2)cc1. The number of hydrogen-bond donors (Lipinski definition) is 3. The summed E-state index contributed by atoms with van der Waals surface area (Å²) in [5.41, 5.74) is 15.3. The molecule has 40 heavy (non-hydrogen) atoms. The highest BCUT2D eigenvalue weighted by Crippen LogP contribution is 2.34. The van der Waals surface area contributed by atoms with E-state index < -0.39 is 17.9 Å². The first-order chi connectivity index (χ1) is 19.2. The lowest BCUT2D eigenvalue weighted by atomic mass is 10.0. The zero-order chi connectivity index (χ0) is 28.8. The number of carbonyl (C=O) groups excluding carboxylic acids is 3. The number of amides is 3. The Balaban J connectivity index is 1.84. The molecule has 5 N–H and O–H groups in total. The van der Waals surface area contributed by atoms with Crippen LogP contribution in [0.15, 0.2) is 78.9 Å². The first kappa shape index (κ1) is 28.3. The van der Waals surface area contributed by atoms with Gasteiger partial charge in [-0.25, -0.2) is 0 Å². The van der Waals surface area contributed by atoms with Crippen molar-refractivity contribution in [2.45, 2.75) is 25.9 Å². The molecule has 10 heteroatoms. The number of nitrogens with one attached hydrogen (secondary N) is 1. The molecule has 0 bridgehead atoms. The van der Waals surface area contributed by atoms with E-state index in [-0.39, 0.29) is 28.7 Å². The molecule has 0 unspecified atom stereocenters. The summed E-state index contributed by atoms with van der Waals surface area (Å²) in [5.74, 6) is -1.78. The van der Waals surface area contributed by atoms with Crippen LogP contribution in [0, 0.1) is 0 Å². The number of primary amides is 1. The molecule has 0 spiro atoms. The summed E-state index contributed by atoms with van der Waals surface area (Å²) in [7, 11) is 3.85. The lowest BCUT2D eigenvalue weighted by Gasteiger charge is -2.31. The van der Waals surface area contributed by atoms with Crippen LogP contribution in [0.3, 0.4) is 0 Å². The van der Waals surface area contributed by atoms with Crippen molar-refractivity contribution >= 4 is 46.3 Å². The van der Waals surface area contributed by atoms with Gasteiger partial charge in [0.15, 0.2) is 5.69 Å². The zero-order valence-corrected chi connectivity index (χ0v) is 23.4. The Kier molecular flexibility index (Phi) is 8.80. The standard InChI is InChI=1S/C30H32N6O3S/c1-4-19-10-14-23(15-11-19)36(30(39)27-24(31)25(28(32)37)34-40-27)26(21-12-16-22(17-13-21)35(2)3)29(38)33-18-20-8-6-5-7-9-20/h5-17,26H,4,18,31H2,1-3H3,(H2,32,37)(H,33,38)/t26-/m0/s1. The van der Waals surface area contributed by atoms with E-state index in [0.29, 0.717) is 11.3 Å². The predicted octanol–water partition coefficient (Wildman–Crippen LogP) is 4.16. The molecule has 1 atom stereocenters. The van der Waals surface area contributed by atoms with Gasteiger partial charge >= 0.3 is 0 Å². The number of nitrogens with zero attached hydrogens (tertiary/aromatic N) is 3. The highest BCUT2D eigenvalue weighted by Gasteiger charge is 2.36. The Hall–Kier alpha value is -4.70. The van der Waals surface area contributed by atoms with Crippen LogP contribution >= 0.6 is 11.5 Å². The van der Waals surface area contributed by atoms with E-state index >= 15 is 0 Å². The third-order valence-electron chi connectivity index (χ3n) is 6.54. The highest BCUT2D eigenvalue weighted by atomic mass is 32.1. The molecule has 3 aromatic carbocycles. The second kappa shape index (κ2) is 12.4. The zero-order valence-electron chi connectivity index (χ0n) is 22.6. The summed E-state index contributed by atoms with van der Waals surface area (Å²) in [6.07, 6.45) is 0.810. The van der Waals surface area contributed by atoms with E-state index in [4.69, 9.17) is 11.5 Å². The van der Waals surface area contributed by atoms with E-state index in [9.17, 15) is 14.4 Å². The topological polar surface area (TPSA) is 135 Å². The van der Waals surface area contributed by atoms with E-state index in [1.165, 1.54) is 4.90 Å². The highest BCUT2D eigenvalue weighted by molar-refractivity contribution is 7.09. The number of benzene rings is 3. The number of aryl methyl sites for hydroxylation is 1. The Morgan fingerprint density at radius 2 is 1.52 bits per heavy atom. The van der Waals surface area contributed by atoms with Crippen LogP contribution in [-0.4, -0.2) is 36.2 Å². The van der Waals surface area contributed by atoms with E-state index in [0.717, 1.165) is 34.8 Å². The molecule has 1 aromatic heterocycles. The maximum Gasteiger partial charge on any atom is 0.273 e. The van der Waals surface area contributed by atoms with Gasteiger partial charge in [-0.05, 0) is 58.9 Å². The van der Waals surface area contributed by atoms with Crippen molar-refractivity contribution in [2.75, 3.05) is 29.6 Å². The molecule has 0 aliphatic rings. The molecular weight excluding hydrogens is 524 g/mol. The minimum Gasteiger partial charge on any atom is -0.395 e. The van der Waals surface area contributed by atoms with Crippen molar-refractivity contribution in [1.29, 1.82) is 0 Å². The first-order valence-corrected chi connectivity index (χ1v) is 13.5. The quantitative estimate of drug-likeness (QED) is 0.269. The third kappa shape index (κ3) is 6.13. The summed E-state index contributed by atoms with van der Waals surface area (Å²) < 4.78 is 4.01. The summed E-state index contributed by atoms with van der Waals surface area (Å²) in [6.45, 7) is 2.31. The van der Waals surface area contributed by atoms with Gasteiger partial charge in [-0.1, -0.05) is 61.5 Å². The maximum atomic E-state index is 14.2. The van der Waals surface area contributed by atoms with Gasteiger partial charge in [0.05, 0.1) is 5.69 Å². The van der Waals surface area contributed by atoms with Crippen LogP contribution in [0.5, 0.6) is 0 Å². The molecule has 9 nitrogen and oxygen atoms in total. The lowest BCUT2D eigenvalue weighted by Crippen LogP contribution is -2.44. The molecule has 206 valence electrons. The van der Waals surface area contributed by atoms with Gasteiger partial charge in [0.1, 0.15) is 10.9 Å². The van der Waals surface area contributed by atoms with Gasteiger partial charge < -0.3 is 21.7 Å². The molecule has 1 heterocycles. The van der Waals surface area contributed by atoms with Crippen LogP contribution in [-0.2, 0) is 17.8 Å². The number of nitrogens with two attached hydrogens (primary N) is 2. The number of anilines is 3.